The van der Waals surface area contributed by atoms with E-state index >= 15 is 0 Å². The summed E-state index contributed by atoms with van der Waals surface area (Å²) >= 11 is 0. The van der Waals surface area contributed by atoms with Crippen molar-refractivity contribution in [3.05, 3.63) is 0 Å². The molecule has 3 heteroatoms. The minimum Gasteiger partial charge on any atom is -0.395 e. The summed E-state index contributed by atoms with van der Waals surface area (Å²) in [5, 5.41) is 21.4. The van der Waals surface area contributed by atoms with Gasteiger partial charge in [0.1, 0.15) is 0 Å². The Morgan fingerprint density at radius 2 is 1.32 bits per heavy atom. The molecule has 0 bridgehead atoms. The second-order valence-electron chi connectivity index (χ2n) is 5.68. The molecule has 0 radical (unpaired) electrons. The van der Waals surface area contributed by atoms with Crippen LogP contribution in [0.1, 0.15) is 71.6 Å². The highest BCUT2D eigenvalue weighted by molar-refractivity contribution is 4.69. The van der Waals surface area contributed by atoms with Gasteiger partial charge in [0, 0.05) is 0 Å². The Kier molecular flexibility index (Phi) is 14.2. The summed E-state index contributed by atoms with van der Waals surface area (Å²) in [6, 6.07) is -0.149. The quantitative estimate of drug-likeness (QED) is 0.426. The number of rotatable bonds is 14. The van der Waals surface area contributed by atoms with Crippen LogP contribution in [-0.4, -0.2) is 36.0 Å². The second kappa shape index (κ2) is 14.3. The molecule has 0 heterocycles. The van der Waals surface area contributed by atoms with Crippen molar-refractivity contribution < 1.29 is 10.2 Å². The first-order valence-corrected chi connectivity index (χ1v) is 8.23. The topological polar surface area (TPSA) is 52.5 Å². The Bertz CT molecular complexity index is 172. The van der Waals surface area contributed by atoms with Gasteiger partial charge in [0.2, 0.25) is 0 Å². The fraction of sp³-hybridized carbons (Fsp3) is 1.00. The molecule has 0 saturated carbocycles. The first-order valence-electron chi connectivity index (χ1n) is 8.23. The van der Waals surface area contributed by atoms with E-state index in [1.165, 1.54) is 57.8 Å². The second-order valence-corrected chi connectivity index (χ2v) is 5.68. The third-order valence-electron chi connectivity index (χ3n) is 3.82. The van der Waals surface area contributed by atoms with Crippen LogP contribution in [0.25, 0.3) is 0 Å². The lowest BCUT2D eigenvalue weighted by Gasteiger charge is -2.21. The minimum atomic E-state index is -0.149. The summed E-state index contributed by atoms with van der Waals surface area (Å²) in [6.07, 6.45) is 11.7. The summed E-state index contributed by atoms with van der Waals surface area (Å²) in [5.41, 5.74) is 0. The van der Waals surface area contributed by atoms with Crippen LogP contribution in [-0.2, 0) is 0 Å². The number of aliphatic hydroxyl groups excluding tert-OH is 2. The van der Waals surface area contributed by atoms with Crippen molar-refractivity contribution in [3.63, 3.8) is 0 Å². The molecule has 1 unspecified atom stereocenters. The van der Waals surface area contributed by atoms with Crippen LogP contribution in [0.4, 0.5) is 0 Å². The van der Waals surface area contributed by atoms with Crippen molar-refractivity contribution >= 4 is 0 Å². The summed E-state index contributed by atoms with van der Waals surface area (Å²) in [6.45, 7) is 5.46. The summed E-state index contributed by atoms with van der Waals surface area (Å²) in [4.78, 5) is 0. The van der Waals surface area contributed by atoms with Crippen molar-refractivity contribution in [1.82, 2.24) is 5.32 Å². The molecular formula is C16H35NO2. The van der Waals surface area contributed by atoms with Crippen LogP contribution in [0.3, 0.4) is 0 Å². The van der Waals surface area contributed by atoms with Gasteiger partial charge < -0.3 is 15.5 Å². The number of hydrogen-bond donors (Lipinski definition) is 3. The molecule has 19 heavy (non-hydrogen) atoms. The highest BCUT2D eigenvalue weighted by Gasteiger charge is 2.11. The molecule has 0 amide bonds. The molecule has 0 fully saturated rings. The van der Waals surface area contributed by atoms with Gasteiger partial charge in [-0.25, -0.2) is 0 Å². The first-order chi connectivity index (χ1) is 9.28. The Morgan fingerprint density at radius 3 is 1.84 bits per heavy atom. The molecule has 0 aromatic carbocycles. The molecule has 116 valence electrons. The summed E-state index contributed by atoms with van der Waals surface area (Å²) in [5.74, 6) is 0.698. The maximum absolute atomic E-state index is 9.08. The van der Waals surface area contributed by atoms with E-state index in [-0.39, 0.29) is 19.3 Å². The van der Waals surface area contributed by atoms with E-state index in [0.29, 0.717) is 5.92 Å². The monoisotopic (exact) mass is 273 g/mol. The van der Waals surface area contributed by atoms with Crippen LogP contribution < -0.4 is 5.32 Å². The average Bonchev–Trinajstić information content (AvgIpc) is 2.44. The average molecular weight is 273 g/mol. The zero-order valence-electron chi connectivity index (χ0n) is 13.0. The zero-order chi connectivity index (χ0) is 14.3. The van der Waals surface area contributed by atoms with Crippen molar-refractivity contribution in [2.24, 2.45) is 5.92 Å². The molecule has 0 rings (SSSR count). The summed E-state index contributed by atoms with van der Waals surface area (Å²) in [7, 11) is 0. The van der Waals surface area contributed by atoms with Gasteiger partial charge in [-0.2, -0.15) is 0 Å². The number of nitrogens with one attached hydrogen (secondary N) is 1. The Labute approximate surface area is 119 Å². The van der Waals surface area contributed by atoms with Gasteiger partial charge in [0.05, 0.1) is 19.3 Å². The zero-order valence-corrected chi connectivity index (χ0v) is 13.0. The number of hydrogen-bond acceptors (Lipinski definition) is 3. The predicted molar refractivity (Wildman–Crippen MR) is 82.4 cm³/mol. The highest BCUT2D eigenvalue weighted by atomic mass is 16.3. The van der Waals surface area contributed by atoms with Crippen molar-refractivity contribution in [1.29, 1.82) is 0 Å². The molecule has 0 aliphatic carbocycles. The smallest absolute Gasteiger partial charge is 0.0607 e. The fourth-order valence-corrected chi connectivity index (χ4v) is 2.41. The molecule has 0 aromatic rings. The fourth-order valence-electron chi connectivity index (χ4n) is 2.41. The van der Waals surface area contributed by atoms with Crippen molar-refractivity contribution in [2.75, 3.05) is 19.8 Å². The lowest BCUT2D eigenvalue weighted by Crippen LogP contribution is -2.38. The van der Waals surface area contributed by atoms with Crippen LogP contribution in [0.2, 0.25) is 0 Å². The van der Waals surface area contributed by atoms with E-state index in [0.717, 1.165) is 6.54 Å². The molecule has 1 atom stereocenters. The maximum atomic E-state index is 9.08. The SMILES string of the molecule is CCCCCCC(CCCCC)CNC(CO)CO. The van der Waals surface area contributed by atoms with Gasteiger partial charge in [-0.05, 0) is 25.3 Å². The molecule has 3 N–H and O–H groups in total. The molecule has 0 aromatic heterocycles. The van der Waals surface area contributed by atoms with E-state index in [4.69, 9.17) is 10.2 Å². The minimum absolute atomic E-state index is 0.0218. The van der Waals surface area contributed by atoms with E-state index in [1.54, 1.807) is 0 Å². The molecule has 0 aliphatic rings. The van der Waals surface area contributed by atoms with Crippen LogP contribution >= 0.6 is 0 Å². The molecule has 0 spiro atoms. The highest BCUT2D eigenvalue weighted by Crippen LogP contribution is 2.17. The van der Waals surface area contributed by atoms with Gasteiger partial charge in [-0.15, -0.1) is 0 Å². The van der Waals surface area contributed by atoms with Gasteiger partial charge in [-0.3, -0.25) is 0 Å². The molecular weight excluding hydrogens is 238 g/mol. The van der Waals surface area contributed by atoms with Crippen molar-refractivity contribution in [2.45, 2.75) is 77.7 Å². The molecule has 0 aliphatic heterocycles. The largest absolute Gasteiger partial charge is 0.395 e. The van der Waals surface area contributed by atoms with Gasteiger partial charge in [0.15, 0.2) is 0 Å². The van der Waals surface area contributed by atoms with Crippen LogP contribution in [0, 0.1) is 5.92 Å². The molecule has 0 saturated heterocycles. The number of aliphatic hydroxyl groups is 2. The Hall–Kier alpha value is -0.120. The van der Waals surface area contributed by atoms with Gasteiger partial charge in [-0.1, -0.05) is 58.8 Å². The van der Waals surface area contributed by atoms with Crippen LogP contribution in [0.5, 0.6) is 0 Å². The van der Waals surface area contributed by atoms with Gasteiger partial charge in [0.25, 0.3) is 0 Å². The third-order valence-corrected chi connectivity index (χ3v) is 3.82. The van der Waals surface area contributed by atoms with Crippen LogP contribution in [0.15, 0.2) is 0 Å². The van der Waals surface area contributed by atoms with E-state index in [9.17, 15) is 0 Å². The Morgan fingerprint density at radius 1 is 0.789 bits per heavy atom. The van der Waals surface area contributed by atoms with E-state index in [1.807, 2.05) is 0 Å². The summed E-state index contributed by atoms with van der Waals surface area (Å²) < 4.78 is 0. The lowest BCUT2D eigenvalue weighted by atomic mass is 9.94. The van der Waals surface area contributed by atoms with Crippen molar-refractivity contribution in [3.8, 4) is 0 Å². The number of unbranched alkanes of at least 4 members (excludes halogenated alkanes) is 5. The predicted octanol–water partition coefficient (Wildman–Crippen LogP) is 3.10. The van der Waals surface area contributed by atoms with E-state index in [2.05, 4.69) is 19.2 Å². The normalized spacial score (nSPS) is 13.1. The van der Waals surface area contributed by atoms with E-state index < -0.39 is 0 Å². The lowest BCUT2D eigenvalue weighted by molar-refractivity contribution is 0.165. The Balaban J connectivity index is 3.87. The standard InChI is InChI=1S/C16H35NO2/c1-3-5-7-9-11-15(10-8-6-4-2)12-17-16(13-18)14-19/h15-19H,3-14H2,1-2H3. The van der Waals surface area contributed by atoms with Gasteiger partial charge >= 0.3 is 0 Å². The molecule has 3 nitrogen and oxygen atoms in total. The first kappa shape index (κ1) is 18.9. The maximum Gasteiger partial charge on any atom is 0.0607 e. The third kappa shape index (κ3) is 11.4.